The summed E-state index contributed by atoms with van der Waals surface area (Å²) in [7, 11) is 0. The van der Waals surface area contributed by atoms with Crippen molar-refractivity contribution in [3.63, 3.8) is 0 Å². The normalized spacial score (nSPS) is 20.4. The Morgan fingerprint density at radius 2 is 2.10 bits per heavy atom. The first kappa shape index (κ1) is 17.8. The molecular formula is C16H11BrCl2SZr. The fourth-order valence-corrected chi connectivity index (χ4v) is 8.27. The van der Waals surface area contributed by atoms with Gasteiger partial charge in [0.15, 0.2) is 0 Å². The third kappa shape index (κ3) is 3.38. The first-order chi connectivity index (χ1) is 9.31. The van der Waals surface area contributed by atoms with Crippen molar-refractivity contribution in [3.8, 4) is 0 Å². The van der Waals surface area contributed by atoms with Gasteiger partial charge in [0.05, 0.1) is 0 Å². The summed E-state index contributed by atoms with van der Waals surface area (Å²) >= 11 is 4.99. The van der Waals surface area contributed by atoms with E-state index in [0.29, 0.717) is 5.25 Å². The summed E-state index contributed by atoms with van der Waals surface area (Å²) in [6, 6.07) is 6.70. The van der Waals surface area contributed by atoms with Crippen LogP contribution < -0.4 is 35.3 Å². The summed E-state index contributed by atoms with van der Waals surface area (Å²) in [5.74, 6) is 0. The van der Waals surface area contributed by atoms with Gasteiger partial charge in [-0.1, -0.05) is 0 Å². The van der Waals surface area contributed by atoms with Gasteiger partial charge >= 0.3 is 138 Å². The Balaban J connectivity index is 0.000000807. The first-order valence-corrected chi connectivity index (χ1v) is 10.5. The second kappa shape index (κ2) is 7.36. The topological polar surface area (TPSA) is 0 Å². The second-order valence-corrected chi connectivity index (χ2v) is 10.3. The Bertz CT molecular complexity index is 780. The molecule has 1 aromatic carbocycles. The Morgan fingerprint density at radius 3 is 2.86 bits per heavy atom. The van der Waals surface area contributed by atoms with Crippen LogP contribution in [-0.4, -0.2) is 5.25 Å². The summed E-state index contributed by atoms with van der Waals surface area (Å²) in [6.07, 6.45) is 10.5. The quantitative estimate of drug-likeness (QED) is 0.447. The molecule has 4 rings (SSSR count). The van der Waals surface area contributed by atoms with Crippen molar-refractivity contribution in [1.29, 1.82) is 0 Å². The molecule has 0 aromatic heterocycles. The van der Waals surface area contributed by atoms with Gasteiger partial charge in [-0.2, -0.15) is 0 Å². The van der Waals surface area contributed by atoms with E-state index in [1.807, 2.05) is 11.8 Å². The molecule has 0 radical (unpaired) electrons. The van der Waals surface area contributed by atoms with Crippen molar-refractivity contribution < 1.29 is 48.0 Å². The van der Waals surface area contributed by atoms with E-state index in [4.69, 9.17) is 0 Å². The Labute approximate surface area is 161 Å². The van der Waals surface area contributed by atoms with Gasteiger partial charge in [-0.25, -0.2) is 0 Å². The molecule has 2 aliphatic carbocycles. The number of hydrogen-bond donors (Lipinski definition) is 0. The van der Waals surface area contributed by atoms with Crippen LogP contribution in [-0.2, 0) is 23.2 Å². The average molecular weight is 477 g/mol. The summed E-state index contributed by atoms with van der Waals surface area (Å²) in [4.78, 5) is 0. The Kier molecular flexibility index (Phi) is 6.25. The van der Waals surface area contributed by atoms with Gasteiger partial charge in [0, 0.05) is 0 Å². The van der Waals surface area contributed by atoms with Crippen LogP contribution in [0, 0.1) is 0 Å². The van der Waals surface area contributed by atoms with Crippen molar-refractivity contribution in [2.75, 3.05) is 0 Å². The molecule has 106 valence electrons. The molecular weight excluding hydrogens is 466 g/mol. The van der Waals surface area contributed by atoms with E-state index in [2.05, 4.69) is 63.8 Å². The van der Waals surface area contributed by atoms with Crippen molar-refractivity contribution in [2.45, 2.75) is 11.7 Å². The minimum atomic E-state index is -0.572. The zero-order valence-electron chi connectivity index (χ0n) is 10.9. The fourth-order valence-electron chi connectivity index (χ4n) is 2.74. The molecule has 1 heterocycles. The number of benzene rings is 1. The van der Waals surface area contributed by atoms with E-state index in [0.717, 1.165) is 0 Å². The van der Waals surface area contributed by atoms with E-state index in [-0.39, 0.29) is 24.8 Å². The second-order valence-electron chi connectivity index (χ2n) is 4.85. The van der Waals surface area contributed by atoms with Crippen LogP contribution in [0.2, 0.25) is 0 Å². The smallest absolute Gasteiger partial charge is 1.00 e. The zero-order chi connectivity index (χ0) is 12.8. The molecule has 0 N–H and O–H groups in total. The van der Waals surface area contributed by atoms with E-state index >= 15 is 0 Å². The minimum Gasteiger partial charge on any atom is -1.00 e. The summed E-state index contributed by atoms with van der Waals surface area (Å²) < 4.78 is 4.57. The largest absolute Gasteiger partial charge is 1.00 e. The number of thioether (sulfide) groups is 1. The minimum absolute atomic E-state index is 0. The Morgan fingerprint density at radius 1 is 1.24 bits per heavy atom. The molecule has 1 aromatic rings. The number of fused-ring (bicyclic) bond motifs is 2. The third-order valence-electron chi connectivity index (χ3n) is 3.61. The molecule has 0 fully saturated rings. The molecule has 0 amide bonds. The van der Waals surface area contributed by atoms with Crippen molar-refractivity contribution >= 4 is 39.3 Å². The SMILES string of the molecule is Brc1ccc2c(c1)=CC1SC=[C]([Zr+2][C]3=CC=CC3)C=21.[Cl-].[Cl-]. The number of halogens is 3. The molecule has 3 aliphatic rings. The van der Waals surface area contributed by atoms with Gasteiger partial charge in [-0.05, 0) is 0 Å². The monoisotopic (exact) mass is 474 g/mol. The molecule has 1 unspecified atom stereocenters. The molecule has 0 saturated carbocycles. The zero-order valence-corrected chi connectivity index (χ0v) is 17.3. The van der Waals surface area contributed by atoms with Crippen LogP contribution in [0.25, 0.3) is 11.6 Å². The van der Waals surface area contributed by atoms with Gasteiger partial charge in [0.25, 0.3) is 0 Å². The van der Waals surface area contributed by atoms with Gasteiger partial charge in [-0.3, -0.25) is 0 Å². The van der Waals surface area contributed by atoms with Crippen LogP contribution >= 0.6 is 27.7 Å². The van der Waals surface area contributed by atoms with Gasteiger partial charge in [0.2, 0.25) is 0 Å². The fraction of sp³-hybridized carbons (Fsp3) is 0.125. The van der Waals surface area contributed by atoms with Crippen LogP contribution in [0.4, 0.5) is 0 Å². The van der Waals surface area contributed by atoms with Gasteiger partial charge in [0.1, 0.15) is 0 Å². The van der Waals surface area contributed by atoms with Crippen molar-refractivity contribution in [2.24, 2.45) is 0 Å². The van der Waals surface area contributed by atoms with Crippen LogP contribution in [0.3, 0.4) is 0 Å². The summed E-state index contributed by atoms with van der Waals surface area (Å²) in [5.41, 5.74) is 1.62. The molecule has 5 heteroatoms. The Hall–Kier alpha value is 0.473. The standard InChI is InChI=1S/C11H6BrS.C5H5.2ClH.Zr/c12-8-1-2-9-7(5-8)6-11-10(9)3-4-13-11;1-2-4-5-3-1;;;/h1-2,4-6,11H;1-3H,4H2;2*1H;/q;;;;+2/p-2. The molecule has 0 bridgehead atoms. The van der Waals surface area contributed by atoms with Crippen molar-refractivity contribution in [3.05, 3.63) is 63.3 Å². The van der Waals surface area contributed by atoms with Gasteiger partial charge in [-0.15, -0.1) is 0 Å². The summed E-state index contributed by atoms with van der Waals surface area (Å²) in [6.45, 7) is 0. The number of rotatable bonds is 2. The maximum atomic E-state index is 3.57. The van der Waals surface area contributed by atoms with E-state index in [9.17, 15) is 0 Å². The average Bonchev–Trinajstić information content (AvgIpc) is 3.07. The molecule has 1 atom stereocenters. The maximum absolute atomic E-state index is 3.57. The van der Waals surface area contributed by atoms with Crippen LogP contribution in [0.1, 0.15) is 6.42 Å². The van der Waals surface area contributed by atoms with Gasteiger partial charge < -0.3 is 24.8 Å². The molecule has 0 saturated heterocycles. The predicted octanol–water partition coefficient (Wildman–Crippen LogP) is -2.71. The van der Waals surface area contributed by atoms with Crippen LogP contribution in [0.15, 0.2) is 52.9 Å². The summed E-state index contributed by atoms with van der Waals surface area (Å²) in [5, 5.41) is 5.89. The number of allylic oxidation sites excluding steroid dienone is 5. The third-order valence-corrected chi connectivity index (χ3v) is 9.03. The van der Waals surface area contributed by atoms with E-state index in [1.165, 1.54) is 21.3 Å². The van der Waals surface area contributed by atoms with Crippen molar-refractivity contribution in [1.82, 2.24) is 0 Å². The molecule has 0 nitrogen and oxygen atoms in total. The van der Waals surface area contributed by atoms with E-state index in [1.54, 1.807) is 12.1 Å². The maximum Gasteiger partial charge on any atom is -1.00 e. The molecule has 1 aliphatic heterocycles. The first-order valence-electron chi connectivity index (χ1n) is 6.31. The number of hydrogen-bond acceptors (Lipinski definition) is 1. The molecule has 0 spiro atoms. The van der Waals surface area contributed by atoms with E-state index < -0.39 is 23.2 Å². The van der Waals surface area contributed by atoms with Crippen LogP contribution in [0.5, 0.6) is 0 Å². The predicted molar refractivity (Wildman–Crippen MR) is 82.6 cm³/mol. The molecule has 21 heavy (non-hydrogen) atoms.